The molecule has 1 heterocycles. The highest BCUT2D eigenvalue weighted by Crippen LogP contribution is 2.37. The van der Waals surface area contributed by atoms with E-state index in [4.69, 9.17) is 4.74 Å². The van der Waals surface area contributed by atoms with Crippen LogP contribution in [0.3, 0.4) is 0 Å². The fraction of sp³-hybridized carbons (Fsp3) is 0.619. The Labute approximate surface area is 166 Å². The molecule has 156 valence electrons. The number of nitrogens with zero attached hydrogens (tertiary/aromatic N) is 3. The number of piperazine rings is 1. The van der Waals surface area contributed by atoms with Crippen molar-refractivity contribution < 1.29 is 18.3 Å². The van der Waals surface area contributed by atoms with E-state index in [1.807, 2.05) is 17.9 Å². The normalized spacial score (nSPS) is 24.4. The average Bonchev–Trinajstić information content (AvgIpc) is 2.68. The highest BCUT2D eigenvalue weighted by Gasteiger charge is 2.37. The first-order valence-corrected chi connectivity index (χ1v) is 9.85. The van der Waals surface area contributed by atoms with Gasteiger partial charge < -0.3 is 14.5 Å². The van der Waals surface area contributed by atoms with Crippen LogP contribution in [0.1, 0.15) is 39.5 Å². The molecular weight excluding hydrogens is 364 g/mol. The highest BCUT2D eigenvalue weighted by molar-refractivity contribution is 5.96. The van der Waals surface area contributed by atoms with Crippen molar-refractivity contribution in [3.05, 3.63) is 37.3 Å². The zero-order valence-electron chi connectivity index (χ0n) is 16.9. The summed E-state index contributed by atoms with van der Waals surface area (Å²) in [6.45, 7) is 12.8. The Morgan fingerprint density at radius 2 is 1.71 bits per heavy atom. The van der Waals surface area contributed by atoms with Crippen LogP contribution < -0.4 is 0 Å². The number of ether oxygens (including phenoxy) is 1. The van der Waals surface area contributed by atoms with E-state index in [-0.39, 0.29) is 12.0 Å². The van der Waals surface area contributed by atoms with Gasteiger partial charge in [0, 0.05) is 38.3 Å². The Balaban J connectivity index is 1.96. The number of hydrogen-bond acceptors (Lipinski definition) is 3. The molecule has 0 aromatic rings. The van der Waals surface area contributed by atoms with Gasteiger partial charge in [-0.1, -0.05) is 19.2 Å². The molecule has 5 nitrogen and oxygen atoms in total. The molecule has 1 saturated carbocycles. The molecule has 7 heteroatoms. The summed E-state index contributed by atoms with van der Waals surface area (Å²) in [5.74, 6) is -2.21. The molecule has 28 heavy (non-hydrogen) atoms. The largest absolute Gasteiger partial charge is 0.487 e. The second-order valence-electron chi connectivity index (χ2n) is 7.42. The molecule has 2 aliphatic rings. The number of hydrogen-bond donors (Lipinski definition) is 0. The number of carbonyl (C=O) groups is 1. The Morgan fingerprint density at radius 3 is 2.21 bits per heavy atom. The SMILES string of the molecule is C=CC(=O)N1CCN(/C(=N/C=C\C)C(=C)OC2CCC(C(C)(F)F)CC2)CC1. The Hall–Kier alpha value is -2.18. The summed E-state index contributed by atoms with van der Waals surface area (Å²) < 4.78 is 33.0. The fourth-order valence-electron chi connectivity index (χ4n) is 3.68. The predicted molar refractivity (Wildman–Crippen MR) is 107 cm³/mol. The van der Waals surface area contributed by atoms with Gasteiger partial charge >= 0.3 is 0 Å². The molecule has 0 aromatic heterocycles. The van der Waals surface area contributed by atoms with Crippen molar-refractivity contribution in [1.82, 2.24) is 9.80 Å². The Morgan fingerprint density at radius 1 is 1.14 bits per heavy atom. The van der Waals surface area contributed by atoms with Crippen molar-refractivity contribution in [1.29, 1.82) is 0 Å². The van der Waals surface area contributed by atoms with Crippen molar-refractivity contribution in [3.63, 3.8) is 0 Å². The van der Waals surface area contributed by atoms with Crippen LogP contribution in [0.2, 0.25) is 0 Å². The minimum Gasteiger partial charge on any atom is -0.487 e. The summed E-state index contributed by atoms with van der Waals surface area (Å²) in [6.07, 6.45) is 6.78. The van der Waals surface area contributed by atoms with Crippen molar-refractivity contribution in [2.45, 2.75) is 51.6 Å². The van der Waals surface area contributed by atoms with Gasteiger partial charge in [0.05, 0.1) is 6.10 Å². The molecule has 0 spiro atoms. The van der Waals surface area contributed by atoms with Crippen LogP contribution in [0, 0.1) is 5.92 Å². The fourth-order valence-corrected chi connectivity index (χ4v) is 3.68. The zero-order valence-corrected chi connectivity index (χ0v) is 16.9. The first kappa shape index (κ1) is 22.1. The summed E-state index contributed by atoms with van der Waals surface area (Å²) in [6, 6.07) is 0. The molecule has 1 amide bonds. The summed E-state index contributed by atoms with van der Waals surface area (Å²) in [4.78, 5) is 20.0. The third-order valence-electron chi connectivity index (χ3n) is 5.36. The maximum atomic E-state index is 13.5. The van der Waals surface area contributed by atoms with Crippen molar-refractivity contribution in [3.8, 4) is 0 Å². The summed E-state index contributed by atoms with van der Waals surface area (Å²) in [5.41, 5.74) is 0. The van der Waals surface area contributed by atoms with Gasteiger partial charge in [0.15, 0.2) is 11.6 Å². The second kappa shape index (κ2) is 9.85. The van der Waals surface area contributed by atoms with Crippen molar-refractivity contribution >= 4 is 11.7 Å². The zero-order chi connectivity index (χ0) is 20.7. The quantitative estimate of drug-likeness (QED) is 0.296. The molecule has 0 bridgehead atoms. The Kier molecular flexibility index (Phi) is 7.78. The van der Waals surface area contributed by atoms with Gasteiger partial charge in [-0.15, -0.1) is 0 Å². The number of carbonyl (C=O) groups excluding carboxylic acids is 1. The lowest BCUT2D eigenvalue weighted by atomic mass is 9.84. The van der Waals surface area contributed by atoms with E-state index >= 15 is 0 Å². The summed E-state index contributed by atoms with van der Waals surface area (Å²) >= 11 is 0. The Bertz CT molecular complexity index is 624. The van der Waals surface area contributed by atoms with Gasteiger partial charge in [0.2, 0.25) is 11.8 Å². The van der Waals surface area contributed by atoms with Crippen molar-refractivity contribution in [2.75, 3.05) is 26.2 Å². The number of alkyl halides is 2. The summed E-state index contributed by atoms with van der Waals surface area (Å²) in [7, 11) is 0. The molecular formula is C21H31F2N3O2. The van der Waals surface area contributed by atoms with Gasteiger partial charge in [-0.25, -0.2) is 13.8 Å². The standard InChI is InChI=1S/C21H31F2N3O2/c1-5-11-24-20(26-14-12-25(13-15-26)19(27)6-2)16(3)28-18-9-7-17(8-10-18)21(4,22)23/h5-6,11,17-18H,2-3,7-10,12-15H2,1,4H3/b11-5-,24-20+. The molecule has 1 saturated heterocycles. The average molecular weight is 395 g/mol. The third-order valence-corrected chi connectivity index (χ3v) is 5.36. The third kappa shape index (κ3) is 5.91. The van der Waals surface area contributed by atoms with Crippen LogP contribution >= 0.6 is 0 Å². The van der Waals surface area contributed by atoms with Crippen LogP contribution in [0.5, 0.6) is 0 Å². The topological polar surface area (TPSA) is 45.1 Å². The van der Waals surface area contributed by atoms with E-state index in [1.54, 1.807) is 11.1 Å². The van der Waals surface area contributed by atoms with E-state index < -0.39 is 11.8 Å². The van der Waals surface area contributed by atoms with Crippen molar-refractivity contribution in [2.24, 2.45) is 10.9 Å². The predicted octanol–water partition coefficient (Wildman–Crippen LogP) is 3.99. The number of allylic oxidation sites excluding steroid dienone is 1. The van der Waals surface area contributed by atoms with Gasteiger partial charge in [-0.3, -0.25) is 4.79 Å². The second-order valence-corrected chi connectivity index (χ2v) is 7.42. The molecule has 2 rings (SSSR count). The molecule has 1 aliphatic heterocycles. The molecule has 2 fully saturated rings. The lowest BCUT2D eigenvalue weighted by molar-refractivity contribution is -0.127. The van der Waals surface area contributed by atoms with E-state index in [0.717, 1.165) is 6.92 Å². The van der Waals surface area contributed by atoms with Crippen LogP contribution in [-0.2, 0) is 9.53 Å². The first-order valence-electron chi connectivity index (χ1n) is 9.85. The van der Waals surface area contributed by atoms with E-state index in [1.165, 1.54) is 6.08 Å². The number of amidine groups is 1. The van der Waals surface area contributed by atoms with Gasteiger partial charge in [0.25, 0.3) is 0 Å². The van der Waals surface area contributed by atoms with Gasteiger partial charge in [0.1, 0.15) is 0 Å². The first-order chi connectivity index (χ1) is 13.3. The van der Waals surface area contributed by atoms with Crippen LogP contribution in [0.25, 0.3) is 0 Å². The molecule has 0 aromatic carbocycles. The van der Waals surface area contributed by atoms with Gasteiger partial charge in [-0.2, -0.15) is 0 Å². The minimum atomic E-state index is -2.64. The lowest BCUT2D eigenvalue weighted by Crippen LogP contribution is -2.50. The van der Waals surface area contributed by atoms with E-state index in [2.05, 4.69) is 18.2 Å². The monoisotopic (exact) mass is 395 g/mol. The van der Waals surface area contributed by atoms with Crippen LogP contribution in [-0.4, -0.2) is 59.7 Å². The number of amides is 1. The van der Waals surface area contributed by atoms with Crippen LogP contribution in [0.15, 0.2) is 42.3 Å². The molecule has 0 radical (unpaired) electrons. The number of halogens is 2. The molecule has 0 unspecified atom stereocenters. The maximum absolute atomic E-state index is 13.5. The highest BCUT2D eigenvalue weighted by atomic mass is 19.3. The van der Waals surface area contributed by atoms with Crippen LogP contribution in [0.4, 0.5) is 8.78 Å². The molecule has 0 atom stereocenters. The van der Waals surface area contributed by atoms with Gasteiger partial charge in [-0.05, 0) is 45.6 Å². The maximum Gasteiger partial charge on any atom is 0.248 e. The number of rotatable bonds is 6. The molecule has 1 aliphatic carbocycles. The minimum absolute atomic E-state index is 0.0776. The summed E-state index contributed by atoms with van der Waals surface area (Å²) in [5, 5.41) is 0. The van der Waals surface area contributed by atoms with E-state index in [0.29, 0.717) is 63.5 Å². The smallest absolute Gasteiger partial charge is 0.248 e. The number of aliphatic imine (C=N–C) groups is 1. The lowest BCUT2D eigenvalue weighted by Gasteiger charge is -2.37. The molecule has 0 N–H and O–H groups in total. The van der Waals surface area contributed by atoms with E-state index in [9.17, 15) is 13.6 Å².